The van der Waals surface area contributed by atoms with E-state index in [9.17, 15) is 0 Å². The minimum atomic E-state index is -0.448. The molecule has 2 aliphatic heterocycles. The first kappa shape index (κ1) is 24.4. The number of hydrogen-bond donors (Lipinski definition) is 0. The van der Waals surface area contributed by atoms with E-state index in [0.717, 1.165) is 43.1 Å². The Labute approximate surface area is 230 Å². The fourth-order valence-corrected chi connectivity index (χ4v) is 6.18. The Hall–Kier alpha value is -3.60. The van der Waals surface area contributed by atoms with Gasteiger partial charge in [0, 0.05) is 0 Å². The van der Waals surface area contributed by atoms with Crippen LogP contribution in [0.1, 0.15) is 46.7 Å². The molecule has 39 heavy (non-hydrogen) atoms. The van der Waals surface area contributed by atoms with Gasteiger partial charge in [-0.3, -0.25) is 0 Å². The summed E-state index contributed by atoms with van der Waals surface area (Å²) in [7, 11) is 0. The number of ether oxygens (including phenoxy) is 4. The molecular weight excluding hydrogens is 484 g/mol. The van der Waals surface area contributed by atoms with Crippen molar-refractivity contribution < 1.29 is 18.9 Å². The van der Waals surface area contributed by atoms with Gasteiger partial charge in [0.15, 0.2) is 0 Å². The van der Waals surface area contributed by atoms with Gasteiger partial charge in [-0.25, -0.2) is 0 Å². The molecule has 1 aliphatic carbocycles. The molecule has 4 nitrogen and oxygen atoms in total. The second kappa shape index (κ2) is 9.86. The topological polar surface area (TPSA) is 43.5 Å². The molecule has 2 heterocycles. The summed E-state index contributed by atoms with van der Waals surface area (Å²) in [6.07, 6.45) is 2.47. The van der Waals surface area contributed by atoms with Crippen molar-refractivity contribution in [3.05, 3.63) is 118 Å². The van der Waals surface area contributed by atoms with Crippen LogP contribution in [0.25, 0.3) is 11.1 Å². The highest BCUT2D eigenvalue weighted by molar-refractivity contribution is 5.86. The third-order valence-electron chi connectivity index (χ3n) is 8.23. The van der Waals surface area contributed by atoms with Gasteiger partial charge in [0.2, 0.25) is 0 Å². The van der Waals surface area contributed by atoms with E-state index in [4.69, 9.17) is 18.9 Å². The highest BCUT2D eigenvalue weighted by Crippen LogP contribution is 2.56. The third kappa shape index (κ3) is 4.32. The monoisotopic (exact) mass is 518 g/mol. The van der Waals surface area contributed by atoms with Crippen LogP contribution in [0.3, 0.4) is 0 Å². The van der Waals surface area contributed by atoms with Gasteiger partial charge in [0.25, 0.3) is 0 Å². The first-order valence-electron chi connectivity index (χ1n) is 14.1. The molecule has 4 aromatic carbocycles. The van der Waals surface area contributed by atoms with E-state index in [2.05, 4.69) is 98.8 Å². The Balaban J connectivity index is 1.42. The van der Waals surface area contributed by atoms with Crippen LogP contribution in [-0.4, -0.2) is 38.6 Å². The standard InChI is InChI=1S/C35H34O4/c1-3-8-24-18-26(14-16-34(24)39-22-28-20-37-28)35(25-13-15-33(23(2)17-25)38-21-27-19-36-27)31-11-6-4-9-29(31)30-10-5-7-12-32(30)35/h4-7,9-18,27-28H,3,8,19-22H2,1-2H3. The summed E-state index contributed by atoms with van der Waals surface area (Å²) >= 11 is 0. The molecule has 0 saturated carbocycles. The lowest BCUT2D eigenvalue weighted by molar-refractivity contribution is 0.261. The van der Waals surface area contributed by atoms with Gasteiger partial charge in [-0.2, -0.15) is 0 Å². The molecule has 2 fully saturated rings. The van der Waals surface area contributed by atoms with Crippen LogP contribution < -0.4 is 9.47 Å². The predicted octanol–water partition coefficient (Wildman–Crippen LogP) is 6.87. The Morgan fingerprint density at radius 2 is 1.26 bits per heavy atom. The second-order valence-electron chi connectivity index (χ2n) is 10.9. The number of aryl methyl sites for hydroxylation is 2. The van der Waals surface area contributed by atoms with E-state index in [0.29, 0.717) is 13.2 Å². The molecule has 0 bridgehead atoms. The molecule has 4 heteroatoms. The van der Waals surface area contributed by atoms with E-state index in [-0.39, 0.29) is 12.2 Å². The summed E-state index contributed by atoms with van der Waals surface area (Å²) in [5, 5.41) is 0. The molecule has 7 rings (SSSR count). The lowest BCUT2D eigenvalue weighted by Gasteiger charge is -2.35. The maximum atomic E-state index is 6.24. The molecule has 4 aromatic rings. The lowest BCUT2D eigenvalue weighted by atomic mass is 9.67. The molecule has 0 radical (unpaired) electrons. The zero-order valence-corrected chi connectivity index (χ0v) is 22.6. The fraction of sp³-hybridized carbons (Fsp3) is 0.314. The number of rotatable bonds is 10. The summed E-state index contributed by atoms with van der Waals surface area (Å²) in [6, 6.07) is 31.3. The van der Waals surface area contributed by atoms with Crippen molar-refractivity contribution in [3.8, 4) is 22.6 Å². The van der Waals surface area contributed by atoms with E-state index in [1.165, 1.54) is 38.9 Å². The number of fused-ring (bicyclic) bond motifs is 3. The van der Waals surface area contributed by atoms with Crippen molar-refractivity contribution in [1.29, 1.82) is 0 Å². The maximum absolute atomic E-state index is 6.24. The predicted molar refractivity (Wildman–Crippen MR) is 153 cm³/mol. The zero-order valence-electron chi connectivity index (χ0n) is 22.6. The van der Waals surface area contributed by atoms with E-state index in [1.54, 1.807) is 0 Å². The number of epoxide rings is 2. The molecule has 0 N–H and O–H groups in total. The molecule has 0 aromatic heterocycles. The van der Waals surface area contributed by atoms with Crippen molar-refractivity contribution in [2.75, 3.05) is 26.4 Å². The Morgan fingerprint density at radius 1 is 0.718 bits per heavy atom. The van der Waals surface area contributed by atoms with E-state index < -0.39 is 5.41 Å². The summed E-state index contributed by atoms with van der Waals surface area (Å²) in [4.78, 5) is 0. The van der Waals surface area contributed by atoms with Crippen molar-refractivity contribution in [2.24, 2.45) is 0 Å². The highest BCUT2D eigenvalue weighted by atomic mass is 16.6. The van der Waals surface area contributed by atoms with Crippen molar-refractivity contribution in [2.45, 2.75) is 44.3 Å². The summed E-state index contributed by atoms with van der Waals surface area (Å²) in [5.41, 5.74) is 9.65. The van der Waals surface area contributed by atoms with Crippen LogP contribution in [0.2, 0.25) is 0 Å². The molecule has 2 unspecified atom stereocenters. The highest BCUT2D eigenvalue weighted by Gasteiger charge is 2.46. The van der Waals surface area contributed by atoms with Crippen LogP contribution in [0.15, 0.2) is 84.9 Å². The smallest absolute Gasteiger partial charge is 0.122 e. The molecule has 2 atom stereocenters. The van der Waals surface area contributed by atoms with Gasteiger partial charge < -0.3 is 18.9 Å². The minimum absolute atomic E-state index is 0.230. The fourth-order valence-electron chi connectivity index (χ4n) is 6.18. The van der Waals surface area contributed by atoms with Gasteiger partial charge in [-0.1, -0.05) is 86.1 Å². The first-order chi connectivity index (χ1) is 19.2. The van der Waals surface area contributed by atoms with Gasteiger partial charge in [0.1, 0.15) is 36.9 Å². The first-order valence-corrected chi connectivity index (χ1v) is 14.1. The van der Waals surface area contributed by atoms with Crippen LogP contribution in [0, 0.1) is 6.92 Å². The van der Waals surface area contributed by atoms with E-state index >= 15 is 0 Å². The van der Waals surface area contributed by atoms with Crippen molar-refractivity contribution in [3.63, 3.8) is 0 Å². The average molecular weight is 519 g/mol. The zero-order chi connectivity index (χ0) is 26.4. The van der Waals surface area contributed by atoms with Crippen LogP contribution in [0.4, 0.5) is 0 Å². The Morgan fingerprint density at radius 3 is 1.82 bits per heavy atom. The van der Waals surface area contributed by atoms with Crippen LogP contribution in [-0.2, 0) is 21.3 Å². The number of benzene rings is 4. The molecule has 0 amide bonds. The Bertz CT molecular complexity index is 1470. The molecule has 2 saturated heterocycles. The molecule has 198 valence electrons. The molecule has 3 aliphatic rings. The summed E-state index contributed by atoms with van der Waals surface area (Å²) < 4.78 is 23.1. The second-order valence-corrected chi connectivity index (χ2v) is 10.9. The Kier molecular flexibility index (Phi) is 6.18. The van der Waals surface area contributed by atoms with Gasteiger partial charge >= 0.3 is 0 Å². The quantitative estimate of drug-likeness (QED) is 0.189. The normalized spacial score (nSPS) is 19.7. The lowest BCUT2D eigenvalue weighted by Crippen LogP contribution is -2.29. The van der Waals surface area contributed by atoms with Gasteiger partial charge in [-0.05, 0) is 70.0 Å². The molecule has 0 spiro atoms. The van der Waals surface area contributed by atoms with Crippen LogP contribution >= 0.6 is 0 Å². The minimum Gasteiger partial charge on any atom is -0.491 e. The average Bonchev–Trinajstić information content (AvgIpc) is 3.90. The molecular formula is C35H34O4. The van der Waals surface area contributed by atoms with Gasteiger partial charge in [0.05, 0.1) is 18.6 Å². The summed E-state index contributed by atoms with van der Waals surface area (Å²) in [6.45, 7) is 7.17. The number of hydrogen-bond acceptors (Lipinski definition) is 4. The van der Waals surface area contributed by atoms with Crippen LogP contribution in [0.5, 0.6) is 11.5 Å². The van der Waals surface area contributed by atoms with E-state index in [1.807, 2.05) is 0 Å². The third-order valence-corrected chi connectivity index (χ3v) is 8.23. The van der Waals surface area contributed by atoms with Gasteiger partial charge in [-0.15, -0.1) is 0 Å². The maximum Gasteiger partial charge on any atom is 0.122 e. The van der Waals surface area contributed by atoms with Crippen molar-refractivity contribution in [1.82, 2.24) is 0 Å². The summed E-state index contributed by atoms with van der Waals surface area (Å²) in [5.74, 6) is 1.88. The SMILES string of the molecule is CCCc1cc(C2(c3ccc(OCC4CO4)c(C)c3)c3ccccc3-c3ccccc32)ccc1OCC1CO1. The van der Waals surface area contributed by atoms with Crippen molar-refractivity contribution >= 4 is 0 Å². The largest absolute Gasteiger partial charge is 0.491 e.